The number of carbonyl (C=O) groups excluding carboxylic acids is 1. The fraction of sp³-hybridized carbons (Fsp3) is 0.444. The minimum absolute atomic E-state index is 0.323. The molecule has 12 heavy (non-hydrogen) atoms. The van der Waals surface area contributed by atoms with Gasteiger partial charge in [0.05, 0.1) is 0 Å². The summed E-state index contributed by atoms with van der Waals surface area (Å²) in [6.07, 6.45) is 2.31. The van der Waals surface area contributed by atoms with Gasteiger partial charge >= 0.3 is 0 Å². The molecule has 1 fully saturated rings. The van der Waals surface area contributed by atoms with Crippen LogP contribution in [0, 0.1) is 0 Å². The van der Waals surface area contributed by atoms with Crippen molar-refractivity contribution in [1.82, 2.24) is 0 Å². The van der Waals surface area contributed by atoms with Crippen LogP contribution in [-0.4, -0.2) is 5.78 Å². The normalized spacial score (nSPS) is 23.4. The van der Waals surface area contributed by atoms with Crippen molar-refractivity contribution in [2.75, 3.05) is 0 Å². The quantitative estimate of drug-likeness (QED) is 0.741. The smallest absolute Gasteiger partial charge is 0.169 e. The Morgan fingerprint density at radius 1 is 1.50 bits per heavy atom. The van der Waals surface area contributed by atoms with Crippen LogP contribution in [0.25, 0.3) is 0 Å². The zero-order valence-electron chi connectivity index (χ0n) is 6.55. The predicted octanol–water partition coefficient (Wildman–Crippen LogP) is 2.88. The van der Waals surface area contributed by atoms with Gasteiger partial charge in [-0.25, -0.2) is 0 Å². The van der Waals surface area contributed by atoms with Crippen molar-refractivity contribution in [3.05, 3.63) is 22.6 Å². The van der Waals surface area contributed by atoms with Crippen molar-refractivity contribution in [1.29, 1.82) is 0 Å². The number of halogens is 1. The second kappa shape index (κ2) is 3.05. The molecule has 1 heterocycles. The Morgan fingerprint density at radius 2 is 2.33 bits per heavy atom. The fourth-order valence-corrected chi connectivity index (χ4v) is 1.92. The Bertz CT molecular complexity index is 303. The number of ketones is 1. The third-order valence-electron chi connectivity index (χ3n) is 2.24. The molecule has 3 heteroatoms. The van der Waals surface area contributed by atoms with E-state index in [1.165, 1.54) is 0 Å². The molecule has 1 aromatic rings. The molecule has 1 saturated carbocycles. The van der Waals surface area contributed by atoms with Crippen LogP contribution < -0.4 is 0 Å². The van der Waals surface area contributed by atoms with Crippen LogP contribution in [0.5, 0.6) is 0 Å². The van der Waals surface area contributed by atoms with Crippen LogP contribution >= 0.6 is 15.9 Å². The Kier molecular flexibility index (Phi) is 2.05. The van der Waals surface area contributed by atoms with Crippen molar-refractivity contribution in [3.8, 4) is 0 Å². The van der Waals surface area contributed by atoms with E-state index in [1.807, 2.05) is 12.1 Å². The monoisotopic (exact) mass is 228 g/mol. The van der Waals surface area contributed by atoms with Crippen molar-refractivity contribution >= 4 is 21.7 Å². The van der Waals surface area contributed by atoms with Gasteiger partial charge in [0, 0.05) is 18.8 Å². The molecule has 0 N–H and O–H groups in total. The first-order chi connectivity index (χ1) is 5.75. The van der Waals surface area contributed by atoms with Crippen LogP contribution in [0.1, 0.15) is 30.9 Å². The molecule has 0 saturated heterocycles. The second-order valence-electron chi connectivity index (χ2n) is 3.12. The second-order valence-corrected chi connectivity index (χ2v) is 3.90. The van der Waals surface area contributed by atoms with E-state index >= 15 is 0 Å². The first-order valence-electron chi connectivity index (χ1n) is 4.02. The maximum atomic E-state index is 11.0. The number of carbonyl (C=O) groups is 1. The molecular weight excluding hydrogens is 220 g/mol. The highest BCUT2D eigenvalue weighted by Crippen LogP contribution is 2.33. The summed E-state index contributed by atoms with van der Waals surface area (Å²) in [5.74, 6) is 1.61. The van der Waals surface area contributed by atoms with Gasteiger partial charge in [-0.3, -0.25) is 4.79 Å². The van der Waals surface area contributed by atoms with Gasteiger partial charge < -0.3 is 4.42 Å². The Labute approximate surface area is 79.1 Å². The van der Waals surface area contributed by atoms with Gasteiger partial charge in [-0.2, -0.15) is 0 Å². The average molecular weight is 229 g/mol. The number of rotatable bonds is 1. The fourth-order valence-electron chi connectivity index (χ4n) is 1.60. The minimum Gasteiger partial charge on any atom is -0.454 e. The maximum absolute atomic E-state index is 11.0. The summed E-state index contributed by atoms with van der Waals surface area (Å²) in [4.78, 5) is 11.0. The Hall–Kier alpha value is -0.570. The van der Waals surface area contributed by atoms with Gasteiger partial charge in [-0.05, 0) is 34.5 Å². The molecule has 1 aliphatic rings. The lowest BCUT2D eigenvalue weighted by molar-refractivity contribution is -0.117. The Balaban J connectivity index is 2.15. The third-order valence-corrected chi connectivity index (χ3v) is 2.67. The van der Waals surface area contributed by atoms with Crippen LogP contribution in [0.2, 0.25) is 0 Å². The zero-order valence-corrected chi connectivity index (χ0v) is 8.13. The molecule has 1 atom stereocenters. The summed E-state index contributed by atoms with van der Waals surface area (Å²) >= 11 is 3.24. The van der Waals surface area contributed by atoms with Crippen molar-refractivity contribution in [2.45, 2.75) is 25.2 Å². The molecule has 1 aliphatic carbocycles. The molecule has 0 aliphatic heterocycles. The zero-order chi connectivity index (χ0) is 8.55. The average Bonchev–Trinajstić information content (AvgIpc) is 2.58. The van der Waals surface area contributed by atoms with E-state index in [-0.39, 0.29) is 0 Å². The highest BCUT2D eigenvalue weighted by molar-refractivity contribution is 9.10. The predicted molar refractivity (Wildman–Crippen MR) is 48.0 cm³/mol. The van der Waals surface area contributed by atoms with E-state index in [1.54, 1.807) is 0 Å². The molecule has 64 valence electrons. The SMILES string of the molecule is O=C1CCC(c2ccc(Br)o2)C1. The Morgan fingerprint density at radius 3 is 2.83 bits per heavy atom. The van der Waals surface area contributed by atoms with Gasteiger partial charge in [-0.15, -0.1) is 0 Å². The summed E-state index contributed by atoms with van der Waals surface area (Å²) in [5, 5.41) is 0. The molecule has 0 amide bonds. The van der Waals surface area contributed by atoms with Crippen LogP contribution in [0.15, 0.2) is 21.2 Å². The molecule has 0 bridgehead atoms. The molecule has 0 aromatic carbocycles. The first-order valence-corrected chi connectivity index (χ1v) is 4.82. The number of Topliss-reactive ketones (excluding diaryl/α,β-unsaturated/α-hetero) is 1. The molecular formula is C9H9BrO2. The van der Waals surface area contributed by atoms with Crippen LogP contribution in [0.3, 0.4) is 0 Å². The van der Waals surface area contributed by atoms with Gasteiger partial charge in [0.1, 0.15) is 11.5 Å². The summed E-state index contributed by atoms with van der Waals surface area (Å²) in [6, 6.07) is 3.81. The number of furan rings is 1. The molecule has 2 nitrogen and oxygen atoms in total. The molecule has 2 rings (SSSR count). The van der Waals surface area contributed by atoms with Crippen molar-refractivity contribution in [2.24, 2.45) is 0 Å². The lowest BCUT2D eigenvalue weighted by Gasteiger charge is -2.01. The molecule has 1 aromatic heterocycles. The van der Waals surface area contributed by atoms with E-state index in [0.717, 1.165) is 16.9 Å². The van der Waals surface area contributed by atoms with E-state index in [4.69, 9.17) is 4.42 Å². The van der Waals surface area contributed by atoms with Gasteiger partial charge in [0.2, 0.25) is 0 Å². The van der Waals surface area contributed by atoms with Crippen LogP contribution in [-0.2, 0) is 4.79 Å². The maximum Gasteiger partial charge on any atom is 0.169 e. The van der Waals surface area contributed by atoms with E-state index < -0.39 is 0 Å². The van der Waals surface area contributed by atoms with Crippen molar-refractivity contribution in [3.63, 3.8) is 0 Å². The molecule has 1 unspecified atom stereocenters. The standard InChI is InChI=1S/C9H9BrO2/c10-9-4-3-8(12-9)6-1-2-7(11)5-6/h3-4,6H,1-2,5H2. The summed E-state index contributed by atoms with van der Waals surface area (Å²) in [7, 11) is 0. The van der Waals surface area contributed by atoms with Crippen LogP contribution in [0.4, 0.5) is 0 Å². The molecule has 0 radical (unpaired) electrons. The minimum atomic E-state index is 0.323. The van der Waals surface area contributed by atoms with Crippen molar-refractivity contribution < 1.29 is 9.21 Å². The van der Waals surface area contributed by atoms with E-state index in [2.05, 4.69) is 15.9 Å². The number of hydrogen-bond acceptors (Lipinski definition) is 2. The summed E-state index contributed by atoms with van der Waals surface area (Å²) < 4.78 is 6.13. The lowest BCUT2D eigenvalue weighted by Crippen LogP contribution is -1.91. The van der Waals surface area contributed by atoms with E-state index in [0.29, 0.717) is 24.5 Å². The number of hydrogen-bond donors (Lipinski definition) is 0. The van der Waals surface area contributed by atoms with E-state index in [9.17, 15) is 4.79 Å². The molecule has 0 spiro atoms. The lowest BCUT2D eigenvalue weighted by atomic mass is 10.1. The van der Waals surface area contributed by atoms with Gasteiger partial charge in [0.25, 0.3) is 0 Å². The topological polar surface area (TPSA) is 30.2 Å². The third kappa shape index (κ3) is 1.46. The van der Waals surface area contributed by atoms with Gasteiger partial charge in [-0.1, -0.05) is 0 Å². The highest BCUT2D eigenvalue weighted by Gasteiger charge is 2.25. The summed E-state index contributed by atoms with van der Waals surface area (Å²) in [6.45, 7) is 0. The van der Waals surface area contributed by atoms with Gasteiger partial charge in [0.15, 0.2) is 4.67 Å². The largest absolute Gasteiger partial charge is 0.454 e. The summed E-state index contributed by atoms with van der Waals surface area (Å²) in [5.41, 5.74) is 0. The highest BCUT2D eigenvalue weighted by atomic mass is 79.9. The first kappa shape index (κ1) is 8.05.